The highest BCUT2D eigenvalue weighted by Crippen LogP contribution is 2.24. The molecule has 0 saturated heterocycles. The molecule has 0 saturated carbocycles. The predicted octanol–water partition coefficient (Wildman–Crippen LogP) is 3.82. The fraction of sp³-hybridized carbons (Fsp3) is 0.400. The van der Waals surface area contributed by atoms with Crippen LogP contribution in [0.5, 0.6) is 0 Å². The van der Waals surface area contributed by atoms with Gasteiger partial charge >= 0.3 is 0 Å². The third-order valence-corrected chi connectivity index (χ3v) is 3.03. The van der Waals surface area contributed by atoms with Gasteiger partial charge in [-0.15, -0.1) is 0 Å². The van der Waals surface area contributed by atoms with Gasteiger partial charge in [-0.05, 0) is 31.4 Å². The van der Waals surface area contributed by atoms with Crippen LogP contribution in [0.3, 0.4) is 0 Å². The maximum absolute atomic E-state index is 6.18. The SMILES string of the molecule is CCNc1cc(CC(C)C)nc(-c2ncccc2Cl)n1. The van der Waals surface area contributed by atoms with Gasteiger partial charge in [-0.2, -0.15) is 0 Å². The number of halogens is 1. The van der Waals surface area contributed by atoms with Gasteiger partial charge in [0.2, 0.25) is 0 Å². The summed E-state index contributed by atoms with van der Waals surface area (Å²) in [6.07, 6.45) is 2.60. The Kier molecular flexibility index (Phi) is 4.90. The summed E-state index contributed by atoms with van der Waals surface area (Å²) in [4.78, 5) is 13.4. The van der Waals surface area contributed by atoms with Gasteiger partial charge in [0.15, 0.2) is 5.82 Å². The average Bonchev–Trinajstić information content (AvgIpc) is 2.38. The first-order valence-corrected chi connectivity index (χ1v) is 7.20. The Hall–Kier alpha value is -1.68. The number of nitrogens with one attached hydrogen (secondary N) is 1. The van der Waals surface area contributed by atoms with E-state index >= 15 is 0 Å². The van der Waals surface area contributed by atoms with Crippen molar-refractivity contribution in [3.8, 4) is 11.5 Å². The Morgan fingerprint density at radius 1 is 1.30 bits per heavy atom. The van der Waals surface area contributed by atoms with Crippen LogP contribution in [0, 0.1) is 5.92 Å². The van der Waals surface area contributed by atoms with E-state index in [-0.39, 0.29) is 0 Å². The maximum atomic E-state index is 6.18. The molecule has 0 aliphatic carbocycles. The standard InChI is InChI=1S/C15H19ClN4/c1-4-17-13-9-11(8-10(2)3)19-15(20-13)14-12(16)6-5-7-18-14/h5-7,9-10H,4,8H2,1-3H3,(H,17,19,20). The third kappa shape index (κ3) is 3.67. The molecule has 5 heteroatoms. The number of anilines is 1. The minimum absolute atomic E-state index is 0.534. The molecular weight excluding hydrogens is 272 g/mol. The molecule has 0 fully saturated rings. The van der Waals surface area contributed by atoms with Crippen molar-refractivity contribution in [2.24, 2.45) is 5.92 Å². The van der Waals surface area contributed by atoms with E-state index in [1.54, 1.807) is 18.3 Å². The van der Waals surface area contributed by atoms with E-state index in [9.17, 15) is 0 Å². The summed E-state index contributed by atoms with van der Waals surface area (Å²) in [5, 5.41) is 3.80. The topological polar surface area (TPSA) is 50.7 Å². The maximum Gasteiger partial charge on any atom is 0.181 e. The molecule has 0 radical (unpaired) electrons. The normalized spacial score (nSPS) is 10.8. The van der Waals surface area contributed by atoms with E-state index in [2.05, 4.69) is 34.1 Å². The van der Waals surface area contributed by atoms with Crippen molar-refractivity contribution in [2.45, 2.75) is 27.2 Å². The first-order valence-electron chi connectivity index (χ1n) is 6.83. The number of hydrogen-bond donors (Lipinski definition) is 1. The molecule has 0 aliphatic rings. The third-order valence-electron chi connectivity index (χ3n) is 2.72. The molecule has 20 heavy (non-hydrogen) atoms. The monoisotopic (exact) mass is 290 g/mol. The summed E-state index contributed by atoms with van der Waals surface area (Å²) in [5.41, 5.74) is 1.63. The quantitative estimate of drug-likeness (QED) is 0.909. The zero-order valence-electron chi connectivity index (χ0n) is 12.0. The van der Waals surface area contributed by atoms with Crippen LogP contribution in [0.1, 0.15) is 26.5 Å². The number of rotatable bonds is 5. The van der Waals surface area contributed by atoms with E-state index in [4.69, 9.17) is 11.6 Å². The summed E-state index contributed by atoms with van der Waals surface area (Å²) >= 11 is 6.18. The second-order valence-corrected chi connectivity index (χ2v) is 5.44. The number of nitrogens with zero attached hydrogens (tertiary/aromatic N) is 3. The molecule has 2 heterocycles. The highest BCUT2D eigenvalue weighted by Gasteiger charge is 2.11. The lowest BCUT2D eigenvalue weighted by Crippen LogP contribution is -2.06. The zero-order valence-corrected chi connectivity index (χ0v) is 12.8. The average molecular weight is 291 g/mol. The zero-order chi connectivity index (χ0) is 14.5. The Bertz CT molecular complexity index is 584. The second kappa shape index (κ2) is 6.66. The van der Waals surface area contributed by atoms with Gasteiger partial charge in [0.05, 0.1) is 5.02 Å². The summed E-state index contributed by atoms with van der Waals surface area (Å²) in [7, 11) is 0. The van der Waals surface area contributed by atoms with Crippen LogP contribution in [0.2, 0.25) is 5.02 Å². The minimum Gasteiger partial charge on any atom is -0.370 e. The van der Waals surface area contributed by atoms with E-state index in [1.807, 2.05) is 13.0 Å². The Morgan fingerprint density at radius 3 is 2.75 bits per heavy atom. The van der Waals surface area contributed by atoms with Crippen molar-refractivity contribution in [2.75, 3.05) is 11.9 Å². The van der Waals surface area contributed by atoms with Crippen molar-refractivity contribution in [3.63, 3.8) is 0 Å². The molecule has 0 amide bonds. The van der Waals surface area contributed by atoms with Crippen LogP contribution in [-0.4, -0.2) is 21.5 Å². The van der Waals surface area contributed by atoms with Gasteiger partial charge in [0.25, 0.3) is 0 Å². The molecule has 2 rings (SSSR count). The van der Waals surface area contributed by atoms with Gasteiger partial charge in [-0.1, -0.05) is 25.4 Å². The molecule has 2 aromatic rings. The summed E-state index contributed by atoms with van der Waals surface area (Å²) in [6, 6.07) is 5.59. The molecule has 0 unspecified atom stereocenters. The van der Waals surface area contributed by atoms with Gasteiger partial charge in [-0.3, -0.25) is 4.98 Å². The second-order valence-electron chi connectivity index (χ2n) is 5.03. The van der Waals surface area contributed by atoms with Crippen LogP contribution < -0.4 is 5.32 Å². The molecule has 1 N–H and O–H groups in total. The van der Waals surface area contributed by atoms with Gasteiger partial charge in [-0.25, -0.2) is 9.97 Å². The Labute approximate surface area is 124 Å². The lowest BCUT2D eigenvalue weighted by atomic mass is 10.1. The fourth-order valence-corrected chi connectivity index (χ4v) is 2.15. The van der Waals surface area contributed by atoms with Crippen LogP contribution in [-0.2, 0) is 6.42 Å². The number of pyridine rings is 1. The lowest BCUT2D eigenvalue weighted by Gasteiger charge is -2.10. The van der Waals surface area contributed by atoms with Gasteiger partial charge in [0, 0.05) is 24.5 Å². The van der Waals surface area contributed by atoms with Gasteiger partial charge < -0.3 is 5.32 Å². The highest BCUT2D eigenvalue weighted by atomic mass is 35.5. The van der Waals surface area contributed by atoms with Crippen molar-refractivity contribution >= 4 is 17.4 Å². The number of aromatic nitrogens is 3. The largest absolute Gasteiger partial charge is 0.370 e. The number of hydrogen-bond acceptors (Lipinski definition) is 4. The molecule has 0 atom stereocenters. The molecule has 4 nitrogen and oxygen atoms in total. The van der Waals surface area contributed by atoms with Gasteiger partial charge in [0.1, 0.15) is 11.5 Å². The summed E-state index contributed by atoms with van der Waals surface area (Å²) in [6.45, 7) is 7.19. The van der Waals surface area contributed by atoms with Crippen molar-refractivity contribution in [1.29, 1.82) is 0 Å². The first-order chi connectivity index (χ1) is 9.60. The van der Waals surface area contributed by atoms with Crippen LogP contribution >= 0.6 is 11.6 Å². The molecule has 0 spiro atoms. The molecule has 0 bridgehead atoms. The fourth-order valence-electron chi connectivity index (χ4n) is 1.95. The van der Waals surface area contributed by atoms with Crippen molar-refractivity contribution < 1.29 is 0 Å². The van der Waals surface area contributed by atoms with E-state index in [0.29, 0.717) is 22.5 Å². The van der Waals surface area contributed by atoms with Crippen LogP contribution in [0.4, 0.5) is 5.82 Å². The summed E-state index contributed by atoms with van der Waals surface area (Å²) in [5.74, 6) is 1.92. The van der Waals surface area contributed by atoms with Crippen LogP contribution in [0.25, 0.3) is 11.5 Å². The summed E-state index contributed by atoms with van der Waals surface area (Å²) < 4.78 is 0. The van der Waals surface area contributed by atoms with Crippen molar-refractivity contribution in [1.82, 2.24) is 15.0 Å². The molecule has 2 aromatic heterocycles. The van der Waals surface area contributed by atoms with Crippen LogP contribution in [0.15, 0.2) is 24.4 Å². The predicted molar refractivity (Wildman–Crippen MR) is 83.0 cm³/mol. The first kappa shape index (κ1) is 14.7. The van der Waals surface area contributed by atoms with E-state index in [1.165, 1.54) is 0 Å². The van der Waals surface area contributed by atoms with E-state index < -0.39 is 0 Å². The lowest BCUT2D eigenvalue weighted by molar-refractivity contribution is 0.634. The smallest absolute Gasteiger partial charge is 0.181 e. The van der Waals surface area contributed by atoms with E-state index in [0.717, 1.165) is 24.5 Å². The molecular formula is C15H19ClN4. The highest BCUT2D eigenvalue weighted by molar-refractivity contribution is 6.32. The molecule has 0 aromatic carbocycles. The van der Waals surface area contributed by atoms with Crippen molar-refractivity contribution in [3.05, 3.63) is 35.1 Å². The Balaban J connectivity index is 2.46. The molecule has 106 valence electrons. The minimum atomic E-state index is 0.534. The molecule has 0 aliphatic heterocycles. The Morgan fingerprint density at radius 2 is 2.10 bits per heavy atom.